The van der Waals surface area contributed by atoms with Crippen LogP contribution < -0.4 is 4.72 Å². The van der Waals surface area contributed by atoms with Gasteiger partial charge in [-0.05, 0) is 45.7 Å². The summed E-state index contributed by atoms with van der Waals surface area (Å²) in [5, 5.41) is 13.7. The van der Waals surface area contributed by atoms with Gasteiger partial charge in [-0.3, -0.25) is 4.18 Å². The van der Waals surface area contributed by atoms with E-state index >= 15 is 0 Å². The number of halogens is 7. The van der Waals surface area contributed by atoms with E-state index in [2.05, 4.69) is 49.2 Å². The van der Waals surface area contributed by atoms with E-state index < -0.39 is 66.9 Å². The molecule has 2 atom stereocenters. The molecule has 19 nitrogen and oxygen atoms in total. The summed E-state index contributed by atoms with van der Waals surface area (Å²) in [6, 6.07) is 15.7. The maximum atomic E-state index is 12.7. The number of rotatable bonds is 21. The zero-order valence-electron chi connectivity index (χ0n) is 39.5. The van der Waals surface area contributed by atoms with Gasteiger partial charge in [-0.25, -0.2) is 45.8 Å². The Morgan fingerprint density at radius 2 is 1.04 bits per heavy atom. The lowest BCUT2D eigenvalue weighted by molar-refractivity contribution is -0.0539. The molecule has 0 aliphatic heterocycles. The van der Waals surface area contributed by atoms with Crippen LogP contribution in [0.5, 0.6) is 0 Å². The summed E-state index contributed by atoms with van der Waals surface area (Å²) in [6.45, 7) is 10.5. The van der Waals surface area contributed by atoms with Crippen LogP contribution in [0.4, 0.5) is 30.7 Å². The smallest absolute Gasteiger partial charge is 0.415 e. The Bertz CT molecular complexity index is 2950. The lowest BCUT2D eigenvalue weighted by atomic mass is 9.94. The predicted molar refractivity (Wildman–Crippen MR) is 247 cm³/mol. The van der Waals surface area contributed by atoms with Gasteiger partial charge in [-0.15, -0.1) is 20.4 Å². The average molecular weight is 1080 g/mol. The molecule has 6 aromatic rings. The SMILES string of the molecule is CCN(CC(Cc1ncc(-c2nnc(C(F)F)o2)cn1)c1ccc(C)cc1)S(=O)(=O)CC.CCOS(=O)(=O)C(F)(F)F.CCS(=O)(=O)NCC(Cc1ncc(-c2nnc(C(F)F)o2)cn1)c1ccc(C)cc1. The van der Waals surface area contributed by atoms with Gasteiger partial charge in [0.1, 0.15) is 11.6 Å². The highest BCUT2D eigenvalue weighted by Crippen LogP contribution is 2.28. The molecule has 0 saturated heterocycles. The van der Waals surface area contributed by atoms with Crippen LogP contribution in [0.1, 0.15) is 98.1 Å². The van der Waals surface area contributed by atoms with E-state index in [0.717, 1.165) is 29.2 Å². The third kappa shape index (κ3) is 17.4. The van der Waals surface area contributed by atoms with E-state index in [4.69, 9.17) is 8.83 Å². The third-order valence-corrected chi connectivity index (χ3v) is 14.5. The van der Waals surface area contributed by atoms with Gasteiger partial charge in [0.15, 0.2) is 0 Å². The molecule has 2 unspecified atom stereocenters. The van der Waals surface area contributed by atoms with E-state index in [1.165, 1.54) is 29.1 Å². The van der Waals surface area contributed by atoms with Crippen molar-refractivity contribution >= 4 is 30.2 Å². The van der Waals surface area contributed by atoms with Gasteiger partial charge in [0.05, 0.1) is 29.2 Å². The molecule has 394 valence electrons. The maximum Gasteiger partial charge on any atom is 0.523 e. The van der Waals surface area contributed by atoms with Crippen LogP contribution in [0.25, 0.3) is 22.9 Å². The molecule has 0 amide bonds. The first-order chi connectivity index (χ1) is 33.8. The number of likely N-dealkylation sites (N-methyl/N-ethyl adjacent to an activating group) is 1. The van der Waals surface area contributed by atoms with Gasteiger partial charge in [-0.1, -0.05) is 66.6 Å². The van der Waals surface area contributed by atoms with Crippen molar-refractivity contribution in [3.05, 3.63) is 119 Å². The molecular formula is C43H51F7N10O9S3. The second-order valence-corrected chi connectivity index (χ2v) is 21.3. The van der Waals surface area contributed by atoms with Crippen molar-refractivity contribution in [2.24, 2.45) is 0 Å². The number of benzene rings is 2. The fourth-order valence-electron chi connectivity index (χ4n) is 6.15. The van der Waals surface area contributed by atoms with Crippen LogP contribution in [0.3, 0.4) is 0 Å². The molecule has 1 N–H and O–H groups in total. The topological polar surface area (TPSA) is 256 Å². The summed E-state index contributed by atoms with van der Waals surface area (Å²) in [4.78, 5) is 17.1. The molecule has 29 heteroatoms. The first kappa shape index (κ1) is 58.7. The van der Waals surface area contributed by atoms with E-state index in [0.29, 0.717) is 48.7 Å². The zero-order chi connectivity index (χ0) is 53.4. The average Bonchev–Trinajstić information content (AvgIpc) is 4.05. The van der Waals surface area contributed by atoms with Crippen molar-refractivity contribution in [3.8, 4) is 22.9 Å². The van der Waals surface area contributed by atoms with Crippen LogP contribution in [0.2, 0.25) is 0 Å². The summed E-state index contributed by atoms with van der Waals surface area (Å²) < 4.78 is 170. The molecule has 0 spiro atoms. The first-order valence-corrected chi connectivity index (χ1v) is 26.4. The van der Waals surface area contributed by atoms with Crippen LogP contribution in [0, 0.1) is 13.8 Å². The highest BCUT2D eigenvalue weighted by atomic mass is 32.2. The van der Waals surface area contributed by atoms with Gasteiger partial charge >= 0.3 is 28.5 Å². The van der Waals surface area contributed by atoms with Crippen molar-refractivity contribution in [1.29, 1.82) is 0 Å². The molecule has 4 heterocycles. The van der Waals surface area contributed by atoms with Crippen LogP contribution in [-0.4, -0.2) is 113 Å². The Labute approximate surface area is 411 Å². The second-order valence-electron chi connectivity index (χ2n) is 15.3. The van der Waals surface area contributed by atoms with Crippen molar-refractivity contribution in [2.45, 2.75) is 84.6 Å². The zero-order valence-corrected chi connectivity index (χ0v) is 41.9. The molecule has 0 bridgehead atoms. The number of aryl methyl sites for hydroxylation is 2. The van der Waals surface area contributed by atoms with Crippen LogP contribution >= 0.6 is 0 Å². The van der Waals surface area contributed by atoms with Crippen molar-refractivity contribution in [3.63, 3.8) is 0 Å². The quantitative estimate of drug-likeness (QED) is 0.0412. The number of aromatic nitrogens is 8. The molecule has 0 fully saturated rings. The fourth-order valence-corrected chi connectivity index (χ4v) is 8.42. The predicted octanol–water partition coefficient (Wildman–Crippen LogP) is 7.68. The molecule has 0 aliphatic carbocycles. The fraction of sp³-hybridized carbons (Fsp3) is 0.442. The number of nitrogens with one attached hydrogen (secondary N) is 1. The minimum absolute atomic E-state index is 0.0103. The number of hydrogen-bond donors (Lipinski definition) is 1. The summed E-state index contributed by atoms with van der Waals surface area (Å²) in [6.07, 6.45) is 0.740. The van der Waals surface area contributed by atoms with E-state index in [1.54, 1.807) is 13.8 Å². The first-order valence-electron chi connectivity index (χ1n) is 21.7. The Morgan fingerprint density at radius 1 is 0.625 bits per heavy atom. The second kappa shape index (κ2) is 26.2. The largest absolute Gasteiger partial charge is 0.523 e. The summed E-state index contributed by atoms with van der Waals surface area (Å²) in [7, 11) is -12.1. The molecule has 0 aliphatic rings. The highest BCUT2D eigenvalue weighted by molar-refractivity contribution is 7.89. The molecule has 2 aromatic carbocycles. The summed E-state index contributed by atoms with van der Waals surface area (Å²) >= 11 is 0. The van der Waals surface area contributed by atoms with Gasteiger partial charge < -0.3 is 8.83 Å². The molecule has 0 saturated carbocycles. The van der Waals surface area contributed by atoms with Gasteiger partial charge in [0, 0.05) is 69.1 Å². The minimum Gasteiger partial charge on any atom is -0.415 e. The van der Waals surface area contributed by atoms with Gasteiger partial charge in [0.25, 0.3) is 23.6 Å². The van der Waals surface area contributed by atoms with Crippen LogP contribution in [0.15, 0.2) is 82.2 Å². The van der Waals surface area contributed by atoms with Crippen molar-refractivity contribution in [2.75, 3.05) is 37.7 Å². The third-order valence-electron chi connectivity index (χ3n) is 10.1. The van der Waals surface area contributed by atoms with Crippen molar-refractivity contribution < 1.29 is 69.0 Å². The molecule has 6 rings (SSSR count). The van der Waals surface area contributed by atoms with Crippen LogP contribution in [-0.2, 0) is 47.2 Å². The summed E-state index contributed by atoms with van der Waals surface area (Å²) in [5.41, 5.74) is -0.542. The lowest BCUT2D eigenvalue weighted by Crippen LogP contribution is -2.36. The Morgan fingerprint density at radius 3 is 1.38 bits per heavy atom. The van der Waals surface area contributed by atoms with Gasteiger partial charge in [0.2, 0.25) is 20.0 Å². The van der Waals surface area contributed by atoms with Gasteiger partial charge in [-0.2, -0.15) is 39.2 Å². The lowest BCUT2D eigenvalue weighted by Gasteiger charge is -2.26. The summed E-state index contributed by atoms with van der Waals surface area (Å²) in [5.74, 6) is -1.11. The molecule has 0 radical (unpaired) electrons. The highest BCUT2D eigenvalue weighted by Gasteiger charge is 2.47. The number of hydrogen-bond acceptors (Lipinski definition) is 17. The monoisotopic (exact) mass is 1080 g/mol. The standard InChI is InChI=1S/C21H25F2N5O3S.C19H21F2N5O3S.C3H5F3O3S/c1-4-28(32(29,30)5-2)13-16(15-8-6-14(3)7-9-15)10-18-24-11-17(12-25-18)20-26-27-21(31-20)19(22)23;1-3-30(27,28)24-11-14(13-6-4-12(2)5-7-13)8-16-22-9-15(10-23-16)18-25-26-19(29-18)17(20)21;1-2-9-10(7,8)3(4,5)6/h6-9,11-12,16,19H,4-5,10,13H2,1-3H3;4-7,9-10,14,17,24H,3,8,11H2,1-2H3;2H2,1H3. The molecule has 72 heavy (non-hydrogen) atoms. The number of alkyl halides is 7. The minimum atomic E-state index is -5.35. The molecular weight excluding hydrogens is 1030 g/mol. The number of nitrogens with zero attached hydrogens (tertiary/aromatic N) is 9. The Hall–Kier alpha value is -5.88. The number of sulfonamides is 2. The Balaban J connectivity index is 0.000000264. The van der Waals surface area contributed by atoms with E-state index in [1.807, 2.05) is 69.3 Å². The van der Waals surface area contributed by atoms with E-state index in [-0.39, 0.29) is 41.7 Å². The maximum absolute atomic E-state index is 12.7. The van der Waals surface area contributed by atoms with E-state index in [9.17, 15) is 56.0 Å². The normalized spacial score (nSPS) is 13.1. The van der Waals surface area contributed by atoms with Crippen molar-refractivity contribution in [1.82, 2.24) is 49.4 Å². The molecule has 4 aromatic heterocycles. The Kier molecular flexibility index (Phi) is 21.3.